The van der Waals surface area contributed by atoms with Gasteiger partial charge >= 0.3 is 0 Å². The molecule has 104 valence electrons. The van der Waals surface area contributed by atoms with E-state index in [0.29, 0.717) is 5.02 Å². The second kappa shape index (κ2) is 4.88. The van der Waals surface area contributed by atoms with Crippen LogP contribution in [0.25, 0.3) is 0 Å². The van der Waals surface area contributed by atoms with E-state index < -0.39 is 15.1 Å². The van der Waals surface area contributed by atoms with E-state index >= 15 is 0 Å². The second-order valence-electron chi connectivity index (χ2n) is 4.98. The molecule has 0 radical (unpaired) electrons. The van der Waals surface area contributed by atoms with Gasteiger partial charge in [-0.1, -0.05) is 41.9 Å². The highest BCUT2D eigenvalue weighted by molar-refractivity contribution is 7.92. The van der Waals surface area contributed by atoms with E-state index in [-0.39, 0.29) is 16.9 Å². The highest BCUT2D eigenvalue weighted by Gasteiger charge is 2.56. The minimum absolute atomic E-state index is 0.128. The van der Waals surface area contributed by atoms with Crippen molar-refractivity contribution < 1.29 is 8.42 Å². The molecule has 1 aliphatic rings. The number of nitrogens with two attached hydrogens (primary N) is 1. The molecule has 2 aromatic rings. The largest absolute Gasteiger partial charge is 0.326 e. The zero-order valence-corrected chi connectivity index (χ0v) is 12.2. The molecule has 2 aromatic carbocycles. The number of halogens is 1. The van der Waals surface area contributed by atoms with Gasteiger partial charge < -0.3 is 5.73 Å². The van der Waals surface area contributed by atoms with E-state index in [1.807, 2.05) is 30.3 Å². The first-order valence-electron chi connectivity index (χ1n) is 6.32. The number of hydrogen-bond acceptors (Lipinski definition) is 3. The van der Waals surface area contributed by atoms with Crippen molar-refractivity contribution in [3.8, 4) is 0 Å². The molecular formula is C15H14ClNO2S. The summed E-state index contributed by atoms with van der Waals surface area (Å²) < 4.78 is 25.2. The van der Waals surface area contributed by atoms with E-state index in [4.69, 9.17) is 17.3 Å². The van der Waals surface area contributed by atoms with Gasteiger partial charge in [0.25, 0.3) is 0 Å². The van der Waals surface area contributed by atoms with Gasteiger partial charge in [-0.15, -0.1) is 0 Å². The summed E-state index contributed by atoms with van der Waals surface area (Å²) in [5.41, 5.74) is 6.97. The van der Waals surface area contributed by atoms with Gasteiger partial charge in [0, 0.05) is 17.0 Å². The smallest absolute Gasteiger partial charge is 0.183 e. The molecule has 0 heterocycles. The number of rotatable bonds is 3. The first-order valence-corrected chi connectivity index (χ1v) is 8.24. The third-order valence-electron chi connectivity index (χ3n) is 3.69. The number of benzene rings is 2. The first-order chi connectivity index (χ1) is 9.51. The average Bonchev–Trinajstić information content (AvgIpc) is 3.13. The molecule has 1 aliphatic carbocycles. The van der Waals surface area contributed by atoms with Crippen LogP contribution in [-0.2, 0) is 9.84 Å². The fraction of sp³-hybridized carbons (Fsp3) is 0.200. The Morgan fingerprint density at radius 2 is 1.55 bits per heavy atom. The predicted molar refractivity (Wildman–Crippen MR) is 79.6 cm³/mol. The summed E-state index contributed by atoms with van der Waals surface area (Å²) in [5.74, 6) is -0.128. The summed E-state index contributed by atoms with van der Waals surface area (Å²) >= 11 is 5.79. The maximum atomic E-state index is 12.6. The van der Waals surface area contributed by atoms with Gasteiger partial charge in [0.05, 0.1) is 10.1 Å². The normalized spacial score (nSPS) is 25.4. The van der Waals surface area contributed by atoms with Gasteiger partial charge in [0.2, 0.25) is 0 Å². The number of sulfone groups is 1. The predicted octanol–water partition coefficient (Wildman–Crippen LogP) is 2.61. The summed E-state index contributed by atoms with van der Waals surface area (Å²) in [4.78, 5) is 0.279. The summed E-state index contributed by atoms with van der Waals surface area (Å²) in [5, 5.41) is -0.0327. The van der Waals surface area contributed by atoms with Crippen LogP contribution in [-0.4, -0.2) is 19.7 Å². The van der Waals surface area contributed by atoms with Crippen molar-refractivity contribution in [1.82, 2.24) is 0 Å². The molecule has 2 N–H and O–H groups in total. The van der Waals surface area contributed by atoms with Crippen molar-refractivity contribution in [2.24, 2.45) is 5.73 Å². The quantitative estimate of drug-likeness (QED) is 0.948. The molecule has 0 spiro atoms. The van der Waals surface area contributed by atoms with E-state index in [1.54, 1.807) is 12.1 Å². The lowest BCUT2D eigenvalue weighted by atomic mass is 10.1. The van der Waals surface area contributed by atoms with Crippen molar-refractivity contribution in [3.63, 3.8) is 0 Å². The van der Waals surface area contributed by atoms with E-state index in [2.05, 4.69) is 0 Å². The maximum Gasteiger partial charge on any atom is 0.183 e. The van der Waals surface area contributed by atoms with Crippen LogP contribution in [0.5, 0.6) is 0 Å². The first kappa shape index (κ1) is 13.6. The van der Waals surface area contributed by atoms with Crippen molar-refractivity contribution in [3.05, 3.63) is 65.2 Å². The fourth-order valence-corrected chi connectivity index (χ4v) is 4.75. The molecule has 3 rings (SSSR count). The number of hydrogen-bond donors (Lipinski definition) is 1. The highest BCUT2D eigenvalue weighted by Crippen LogP contribution is 2.46. The molecule has 0 unspecified atom stereocenters. The molecule has 0 aliphatic heterocycles. The molecule has 0 saturated heterocycles. The minimum atomic E-state index is -3.41. The van der Waals surface area contributed by atoms with Gasteiger partial charge in [0.15, 0.2) is 9.84 Å². The third-order valence-corrected chi connectivity index (χ3v) is 6.20. The van der Waals surface area contributed by atoms with Gasteiger partial charge in [-0.3, -0.25) is 0 Å². The Hall–Kier alpha value is -1.36. The Balaban J connectivity index is 1.92. The maximum absolute atomic E-state index is 12.6. The molecule has 3 nitrogen and oxygen atoms in total. The fourth-order valence-electron chi connectivity index (χ4n) is 2.57. The molecule has 5 heteroatoms. The Labute approximate surface area is 123 Å². The zero-order chi connectivity index (χ0) is 14.3. The third kappa shape index (κ3) is 2.24. The summed E-state index contributed by atoms with van der Waals surface area (Å²) in [6.07, 6.45) is 0. The Morgan fingerprint density at radius 3 is 2.15 bits per heavy atom. The molecule has 1 saturated carbocycles. The zero-order valence-electron chi connectivity index (χ0n) is 10.6. The summed E-state index contributed by atoms with van der Waals surface area (Å²) in [6, 6.07) is 15.4. The topological polar surface area (TPSA) is 60.2 Å². The standard InChI is InChI=1S/C15H14ClNO2S/c16-11-6-8-12(9-7-11)20(18,19)15-13(14(15)17)10-4-2-1-3-5-10/h1-9,13-15H,17H2/t13-,14-,15+/m1/s1. The minimum Gasteiger partial charge on any atom is -0.326 e. The van der Waals surface area contributed by atoms with Crippen molar-refractivity contribution >= 4 is 21.4 Å². The summed E-state index contributed by atoms with van der Waals surface area (Å²) in [7, 11) is -3.41. The Bertz CT molecular complexity index is 713. The van der Waals surface area contributed by atoms with Gasteiger partial charge in [-0.2, -0.15) is 0 Å². The van der Waals surface area contributed by atoms with Crippen LogP contribution in [0.1, 0.15) is 11.5 Å². The van der Waals surface area contributed by atoms with Crippen LogP contribution < -0.4 is 5.73 Å². The van der Waals surface area contributed by atoms with Crippen molar-refractivity contribution in [2.75, 3.05) is 0 Å². The second-order valence-corrected chi connectivity index (χ2v) is 7.52. The van der Waals surface area contributed by atoms with Crippen LogP contribution in [0.4, 0.5) is 0 Å². The van der Waals surface area contributed by atoms with Crippen LogP contribution in [0.15, 0.2) is 59.5 Å². The lowest BCUT2D eigenvalue weighted by molar-refractivity contribution is 0.593. The lowest BCUT2D eigenvalue weighted by Crippen LogP contribution is -2.15. The van der Waals surface area contributed by atoms with Crippen LogP contribution in [0, 0.1) is 0 Å². The summed E-state index contributed by atoms with van der Waals surface area (Å²) in [6.45, 7) is 0. The van der Waals surface area contributed by atoms with Gasteiger partial charge in [-0.05, 0) is 29.8 Å². The van der Waals surface area contributed by atoms with E-state index in [9.17, 15) is 8.42 Å². The SMILES string of the molecule is N[C@@H]1[C@@H](c2ccccc2)[C@@H]1S(=O)(=O)c1ccc(Cl)cc1. The van der Waals surface area contributed by atoms with Crippen molar-refractivity contribution in [2.45, 2.75) is 22.1 Å². The van der Waals surface area contributed by atoms with Gasteiger partial charge in [0.1, 0.15) is 0 Å². The van der Waals surface area contributed by atoms with Crippen LogP contribution in [0.3, 0.4) is 0 Å². The molecular weight excluding hydrogens is 294 g/mol. The molecule has 1 fully saturated rings. The lowest BCUT2D eigenvalue weighted by Gasteiger charge is -2.04. The highest BCUT2D eigenvalue weighted by atomic mass is 35.5. The molecule has 0 bridgehead atoms. The van der Waals surface area contributed by atoms with Crippen LogP contribution in [0.2, 0.25) is 5.02 Å². The average molecular weight is 308 g/mol. The monoisotopic (exact) mass is 307 g/mol. The van der Waals surface area contributed by atoms with E-state index in [0.717, 1.165) is 5.56 Å². The van der Waals surface area contributed by atoms with E-state index in [1.165, 1.54) is 12.1 Å². The molecule has 0 aromatic heterocycles. The molecule has 0 amide bonds. The Morgan fingerprint density at radius 1 is 0.950 bits per heavy atom. The molecule has 3 atom stereocenters. The molecule has 20 heavy (non-hydrogen) atoms. The Kier molecular flexibility index (Phi) is 3.32. The van der Waals surface area contributed by atoms with Crippen LogP contribution >= 0.6 is 11.6 Å². The van der Waals surface area contributed by atoms with Gasteiger partial charge in [-0.25, -0.2) is 8.42 Å². The van der Waals surface area contributed by atoms with Crippen molar-refractivity contribution in [1.29, 1.82) is 0 Å².